The Hall–Kier alpha value is -2.08. The van der Waals surface area contributed by atoms with Crippen LogP contribution in [0.3, 0.4) is 0 Å². The lowest BCUT2D eigenvalue weighted by atomic mass is 10.1. The fourth-order valence-corrected chi connectivity index (χ4v) is 2.06. The number of nitrogens with one attached hydrogen (secondary N) is 1. The Morgan fingerprint density at radius 3 is 2.80 bits per heavy atom. The summed E-state index contributed by atoms with van der Waals surface area (Å²) in [6.45, 7) is 1.89. The minimum Gasteiger partial charge on any atom is -0.497 e. The quantitative estimate of drug-likeness (QED) is 0.903. The molecule has 0 radical (unpaired) electrons. The molecule has 0 saturated carbocycles. The number of nitrogens with zero attached hydrogens (tertiary/aromatic N) is 1. The predicted octanol–water partition coefficient (Wildman–Crippen LogP) is 3.00. The second kappa shape index (κ2) is 5.92. The van der Waals surface area contributed by atoms with E-state index >= 15 is 0 Å². The second-order valence-electron chi connectivity index (χ2n) is 4.22. The number of anilines is 2. The van der Waals surface area contributed by atoms with Gasteiger partial charge < -0.3 is 15.8 Å². The molecule has 3 N–H and O–H groups in total. The molecule has 0 bridgehead atoms. The fraction of sp³-hybridized carbons (Fsp3) is 0.143. The van der Waals surface area contributed by atoms with E-state index in [-0.39, 0.29) is 11.7 Å². The fourth-order valence-electron chi connectivity index (χ4n) is 1.72. The second-order valence-corrected chi connectivity index (χ2v) is 5.14. The smallest absolute Gasteiger partial charge is 0.259 e. The normalized spacial score (nSPS) is 10.2. The highest BCUT2D eigenvalue weighted by atomic mass is 79.9. The molecule has 0 aliphatic carbocycles. The standard InChI is InChI=1S/C14H14BrN3O2/c1-8-5-10(20-2)3-4-12(8)18-14(19)11-6-9(15)7-17-13(11)16/h3-7H,1-2H3,(H2,16,17)(H,18,19). The average Bonchev–Trinajstić information content (AvgIpc) is 2.43. The van der Waals surface area contributed by atoms with Gasteiger partial charge in [-0.25, -0.2) is 4.98 Å². The molecular weight excluding hydrogens is 322 g/mol. The van der Waals surface area contributed by atoms with Crippen LogP contribution >= 0.6 is 15.9 Å². The van der Waals surface area contributed by atoms with Gasteiger partial charge in [-0.05, 0) is 52.7 Å². The van der Waals surface area contributed by atoms with Crippen LogP contribution in [0, 0.1) is 6.92 Å². The van der Waals surface area contributed by atoms with E-state index in [0.29, 0.717) is 15.7 Å². The summed E-state index contributed by atoms with van der Waals surface area (Å²) in [5.74, 6) is 0.630. The first-order valence-corrected chi connectivity index (χ1v) is 6.67. The maximum Gasteiger partial charge on any atom is 0.259 e. The number of hydrogen-bond acceptors (Lipinski definition) is 4. The molecule has 0 fully saturated rings. The Morgan fingerprint density at radius 1 is 1.40 bits per heavy atom. The third kappa shape index (κ3) is 3.08. The first-order chi connectivity index (χ1) is 9.51. The van der Waals surface area contributed by atoms with Crippen molar-refractivity contribution in [2.75, 3.05) is 18.2 Å². The molecule has 2 rings (SSSR count). The van der Waals surface area contributed by atoms with Crippen LogP contribution in [0.2, 0.25) is 0 Å². The Balaban J connectivity index is 2.25. The Bertz CT molecular complexity index is 659. The minimum absolute atomic E-state index is 0.192. The first-order valence-electron chi connectivity index (χ1n) is 5.88. The number of methoxy groups -OCH3 is 1. The number of aromatic nitrogens is 1. The molecule has 0 spiro atoms. The van der Waals surface area contributed by atoms with Gasteiger partial charge >= 0.3 is 0 Å². The molecular formula is C14H14BrN3O2. The number of nitrogen functional groups attached to an aromatic ring is 1. The third-order valence-corrected chi connectivity index (χ3v) is 3.25. The molecule has 0 aliphatic heterocycles. The van der Waals surface area contributed by atoms with Crippen molar-refractivity contribution in [2.45, 2.75) is 6.92 Å². The summed E-state index contributed by atoms with van der Waals surface area (Å²) in [6.07, 6.45) is 1.55. The third-order valence-electron chi connectivity index (χ3n) is 2.81. The van der Waals surface area contributed by atoms with Crippen LogP contribution in [-0.2, 0) is 0 Å². The van der Waals surface area contributed by atoms with Gasteiger partial charge in [0.05, 0.1) is 12.7 Å². The van der Waals surface area contributed by atoms with Crippen LogP contribution in [0.15, 0.2) is 34.9 Å². The van der Waals surface area contributed by atoms with Crippen molar-refractivity contribution in [3.05, 3.63) is 46.1 Å². The van der Waals surface area contributed by atoms with Crippen LogP contribution in [0.1, 0.15) is 15.9 Å². The molecule has 0 unspecified atom stereocenters. The molecule has 0 aliphatic rings. The van der Waals surface area contributed by atoms with Crippen molar-refractivity contribution in [1.29, 1.82) is 0 Å². The van der Waals surface area contributed by atoms with E-state index in [0.717, 1.165) is 11.3 Å². The largest absolute Gasteiger partial charge is 0.497 e. The summed E-state index contributed by atoms with van der Waals surface area (Å²) in [5.41, 5.74) is 7.65. The van der Waals surface area contributed by atoms with E-state index in [4.69, 9.17) is 10.5 Å². The number of benzene rings is 1. The van der Waals surface area contributed by atoms with Gasteiger partial charge in [0.15, 0.2) is 0 Å². The van der Waals surface area contributed by atoms with Crippen LogP contribution in [-0.4, -0.2) is 18.0 Å². The van der Waals surface area contributed by atoms with Crippen LogP contribution in [0.25, 0.3) is 0 Å². The summed E-state index contributed by atoms with van der Waals surface area (Å²) in [6, 6.07) is 7.05. The highest BCUT2D eigenvalue weighted by Crippen LogP contribution is 2.23. The van der Waals surface area contributed by atoms with Crippen molar-refractivity contribution in [3.8, 4) is 5.75 Å². The number of nitrogens with two attached hydrogens (primary N) is 1. The monoisotopic (exact) mass is 335 g/mol. The van der Waals surface area contributed by atoms with Crippen LogP contribution in [0.4, 0.5) is 11.5 Å². The molecule has 0 atom stereocenters. The van der Waals surface area contributed by atoms with Gasteiger partial charge in [-0.2, -0.15) is 0 Å². The highest BCUT2D eigenvalue weighted by Gasteiger charge is 2.13. The van der Waals surface area contributed by atoms with E-state index in [1.807, 2.05) is 13.0 Å². The van der Waals surface area contributed by atoms with Crippen molar-refractivity contribution in [2.24, 2.45) is 0 Å². The maximum atomic E-state index is 12.2. The molecule has 20 heavy (non-hydrogen) atoms. The minimum atomic E-state index is -0.301. The van der Waals surface area contributed by atoms with Crippen molar-refractivity contribution >= 4 is 33.3 Å². The summed E-state index contributed by atoms with van der Waals surface area (Å²) in [4.78, 5) is 16.2. The van der Waals surface area contributed by atoms with Crippen molar-refractivity contribution in [3.63, 3.8) is 0 Å². The van der Waals surface area contributed by atoms with Gasteiger partial charge in [0.25, 0.3) is 5.91 Å². The summed E-state index contributed by atoms with van der Waals surface area (Å²) >= 11 is 3.27. The molecule has 1 aromatic heterocycles. The lowest BCUT2D eigenvalue weighted by Gasteiger charge is -2.11. The number of carbonyl (C=O) groups excluding carboxylic acids is 1. The highest BCUT2D eigenvalue weighted by molar-refractivity contribution is 9.10. The molecule has 0 saturated heterocycles. The van der Waals surface area contributed by atoms with Gasteiger partial charge in [-0.1, -0.05) is 0 Å². The summed E-state index contributed by atoms with van der Waals surface area (Å²) < 4.78 is 5.82. The number of hydrogen-bond donors (Lipinski definition) is 2. The zero-order valence-electron chi connectivity index (χ0n) is 11.1. The number of amides is 1. The zero-order chi connectivity index (χ0) is 14.7. The number of ether oxygens (including phenoxy) is 1. The SMILES string of the molecule is COc1ccc(NC(=O)c2cc(Br)cnc2N)c(C)c1. The Labute approximate surface area is 125 Å². The number of carbonyl (C=O) groups is 1. The van der Waals surface area contributed by atoms with Gasteiger partial charge in [-0.3, -0.25) is 4.79 Å². The molecule has 1 heterocycles. The van der Waals surface area contributed by atoms with Gasteiger partial charge in [0.1, 0.15) is 11.6 Å². The molecule has 2 aromatic rings. The van der Waals surface area contributed by atoms with E-state index in [1.54, 1.807) is 31.5 Å². The van der Waals surface area contributed by atoms with E-state index in [2.05, 4.69) is 26.2 Å². The Kier molecular flexibility index (Phi) is 4.24. The molecule has 5 nitrogen and oxygen atoms in total. The zero-order valence-corrected chi connectivity index (χ0v) is 12.7. The van der Waals surface area contributed by atoms with Gasteiger partial charge in [-0.15, -0.1) is 0 Å². The summed E-state index contributed by atoms with van der Waals surface area (Å²) in [5, 5.41) is 2.81. The maximum absolute atomic E-state index is 12.2. The summed E-state index contributed by atoms with van der Waals surface area (Å²) in [7, 11) is 1.60. The van der Waals surface area contributed by atoms with Crippen LogP contribution < -0.4 is 15.8 Å². The first kappa shape index (κ1) is 14.3. The predicted molar refractivity (Wildman–Crippen MR) is 82.0 cm³/mol. The van der Waals surface area contributed by atoms with Crippen LogP contribution in [0.5, 0.6) is 5.75 Å². The molecule has 104 valence electrons. The van der Waals surface area contributed by atoms with E-state index in [9.17, 15) is 4.79 Å². The van der Waals surface area contributed by atoms with Crippen molar-refractivity contribution in [1.82, 2.24) is 4.98 Å². The van der Waals surface area contributed by atoms with E-state index in [1.165, 1.54) is 0 Å². The van der Waals surface area contributed by atoms with E-state index < -0.39 is 0 Å². The molecule has 6 heteroatoms. The number of pyridine rings is 1. The van der Waals surface area contributed by atoms with Gasteiger partial charge in [0, 0.05) is 16.4 Å². The van der Waals surface area contributed by atoms with Crippen molar-refractivity contribution < 1.29 is 9.53 Å². The average molecular weight is 336 g/mol. The van der Waals surface area contributed by atoms with Gasteiger partial charge in [0.2, 0.25) is 0 Å². The topological polar surface area (TPSA) is 77.2 Å². The lowest BCUT2D eigenvalue weighted by Crippen LogP contribution is -2.15. The number of rotatable bonds is 3. The lowest BCUT2D eigenvalue weighted by molar-refractivity contribution is 0.102. The molecule has 1 amide bonds. The number of aryl methyl sites for hydroxylation is 1. The number of halogens is 1. The molecule has 1 aromatic carbocycles. The Morgan fingerprint density at radius 2 is 2.15 bits per heavy atom.